The minimum atomic E-state index is -4.54. The highest BCUT2D eigenvalue weighted by Gasteiger charge is 2.54. The van der Waals surface area contributed by atoms with Gasteiger partial charge < -0.3 is 19.9 Å². The molecule has 2 fully saturated rings. The Morgan fingerprint density at radius 3 is 2.46 bits per heavy atom. The molecule has 1 aliphatic carbocycles. The van der Waals surface area contributed by atoms with E-state index in [1.807, 2.05) is 24.9 Å². The topological polar surface area (TPSA) is 53.3 Å². The fourth-order valence-electron chi connectivity index (χ4n) is 4.04. The van der Waals surface area contributed by atoms with Gasteiger partial charge in [0, 0.05) is 50.0 Å². The number of alkyl halides is 3. The standard InChI is InChI=1S/C16H25F3N4O/c1-22-8-12(14-7-20-10-23(14)2)13(9-22)21-11-3-5-15(24,6-4-11)16(17,18)19/h7,10-13,21,24H,3-6,8-9H2,1-2H3/t11?,12-,13-,15?/m1/s1. The maximum Gasteiger partial charge on any atom is 0.417 e. The van der Waals surface area contributed by atoms with Crippen molar-refractivity contribution in [3.8, 4) is 0 Å². The van der Waals surface area contributed by atoms with Gasteiger partial charge in [0.1, 0.15) is 0 Å². The number of likely N-dealkylation sites (N-methyl/N-ethyl adjacent to an activating group) is 1. The zero-order valence-electron chi connectivity index (χ0n) is 14.1. The van der Waals surface area contributed by atoms with Gasteiger partial charge >= 0.3 is 6.18 Å². The Morgan fingerprint density at radius 1 is 1.25 bits per heavy atom. The van der Waals surface area contributed by atoms with Crippen molar-refractivity contribution in [3.05, 3.63) is 18.2 Å². The highest BCUT2D eigenvalue weighted by molar-refractivity contribution is 5.14. The van der Waals surface area contributed by atoms with Crippen LogP contribution in [0.4, 0.5) is 13.2 Å². The van der Waals surface area contributed by atoms with E-state index in [4.69, 9.17) is 0 Å². The van der Waals surface area contributed by atoms with Gasteiger partial charge in [-0.1, -0.05) is 0 Å². The van der Waals surface area contributed by atoms with Crippen LogP contribution in [-0.2, 0) is 7.05 Å². The number of aryl methyl sites for hydroxylation is 1. The average molecular weight is 346 g/mol. The maximum absolute atomic E-state index is 12.9. The quantitative estimate of drug-likeness (QED) is 0.874. The van der Waals surface area contributed by atoms with Gasteiger partial charge in [-0.25, -0.2) is 4.98 Å². The van der Waals surface area contributed by atoms with Gasteiger partial charge in [-0.05, 0) is 32.7 Å². The summed E-state index contributed by atoms with van der Waals surface area (Å²) in [7, 11) is 4.01. The molecule has 2 atom stereocenters. The number of nitrogens with one attached hydrogen (secondary N) is 1. The van der Waals surface area contributed by atoms with Crippen molar-refractivity contribution in [1.29, 1.82) is 0 Å². The molecule has 1 saturated carbocycles. The van der Waals surface area contributed by atoms with E-state index in [1.54, 1.807) is 6.33 Å². The summed E-state index contributed by atoms with van der Waals surface area (Å²) in [6.07, 6.45) is -0.678. The van der Waals surface area contributed by atoms with E-state index in [2.05, 4.69) is 15.2 Å². The zero-order chi connectivity index (χ0) is 17.5. The lowest BCUT2D eigenvalue weighted by molar-refractivity contribution is -0.270. The number of aliphatic hydroxyl groups is 1. The molecule has 2 heterocycles. The summed E-state index contributed by atoms with van der Waals surface area (Å²) in [5.74, 6) is 0.269. The minimum absolute atomic E-state index is 0.0138. The number of hydrogen-bond acceptors (Lipinski definition) is 4. The lowest BCUT2D eigenvalue weighted by atomic mass is 9.81. The maximum atomic E-state index is 12.9. The van der Waals surface area contributed by atoms with E-state index >= 15 is 0 Å². The van der Waals surface area contributed by atoms with Crippen LogP contribution in [-0.4, -0.2) is 63.6 Å². The van der Waals surface area contributed by atoms with Crippen molar-refractivity contribution in [2.24, 2.45) is 7.05 Å². The number of hydrogen-bond donors (Lipinski definition) is 2. The first-order valence-corrected chi connectivity index (χ1v) is 8.39. The smallest absolute Gasteiger partial charge is 0.380 e. The van der Waals surface area contributed by atoms with Gasteiger partial charge in [0.2, 0.25) is 0 Å². The molecule has 24 heavy (non-hydrogen) atoms. The summed E-state index contributed by atoms with van der Waals surface area (Å²) in [6.45, 7) is 1.76. The molecule has 0 unspecified atom stereocenters. The minimum Gasteiger partial charge on any atom is -0.380 e. The van der Waals surface area contributed by atoms with Crippen LogP contribution in [0.5, 0.6) is 0 Å². The number of likely N-dealkylation sites (tertiary alicyclic amines) is 1. The second kappa shape index (κ2) is 6.31. The largest absolute Gasteiger partial charge is 0.417 e. The number of halogens is 3. The molecule has 136 valence electrons. The predicted octanol–water partition coefficient (Wildman–Crippen LogP) is 1.64. The van der Waals surface area contributed by atoms with Crippen LogP contribution in [0.25, 0.3) is 0 Å². The van der Waals surface area contributed by atoms with Gasteiger partial charge in [-0.2, -0.15) is 13.2 Å². The molecule has 1 saturated heterocycles. The number of imidazole rings is 1. The Balaban J connectivity index is 1.63. The average Bonchev–Trinajstić information content (AvgIpc) is 3.06. The van der Waals surface area contributed by atoms with Crippen LogP contribution in [0.1, 0.15) is 37.3 Å². The third kappa shape index (κ3) is 3.32. The number of aromatic nitrogens is 2. The van der Waals surface area contributed by atoms with Gasteiger partial charge in [0.15, 0.2) is 5.60 Å². The number of rotatable bonds is 3. The molecule has 0 spiro atoms. The summed E-state index contributed by atoms with van der Waals surface area (Å²) >= 11 is 0. The van der Waals surface area contributed by atoms with E-state index in [9.17, 15) is 18.3 Å². The van der Waals surface area contributed by atoms with Crippen LogP contribution in [0, 0.1) is 0 Å². The first kappa shape index (κ1) is 17.7. The lowest BCUT2D eigenvalue weighted by Crippen LogP contribution is -2.52. The highest BCUT2D eigenvalue weighted by Crippen LogP contribution is 2.41. The van der Waals surface area contributed by atoms with Gasteiger partial charge in [0.25, 0.3) is 0 Å². The lowest BCUT2D eigenvalue weighted by Gasteiger charge is -2.38. The molecule has 0 aromatic carbocycles. The molecule has 1 aromatic heterocycles. The summed E-state index contributed by atoms with van der Waals surface area (Å²) in [6, 6.07) is 0.201. The number of nitrogens with zero attached hydrogens (tertiary/aromatic N) is 3. The van der Waals surface area contributed by atoms with E-state index in [0.717, 1.165) is 18.8 Å². The summed E-state index contributed by atoms with van der Waals surface area (Å²) in [5.41, 5.74) is -1.38. The molecule has 3 rings (SSSR count). The Kier molecular flexibility index (Phi) is 4.65. The van der Waals surface area contributed by atoms with E-state index in [-0.39, 0.29) is 30.8 Å². The third-order valence-corrected chi connectivity index (χ3v) is 5.53. The molecule has 1 aromatic rings. The van der Waals surface area contributed by atoms with Crippen molar-refractivity contribution in [2.75, 3.05) is 20.1 Å². The first-order chi connectivity index (χ1) is 11.2. The molecule has 2 aliphatic rings. The molecule has 2 N–H and O–H groups in total. The van der Waals surface area contributed by atoms with Crippen LogP contribution in [0.2, 0.25) is 0 Å². The predicted molar refractivity (Wildman–Crippen MR) is 83.6 cm³/mol. The van der Waals surface area contributed by atoms with E-state index in [0.29, 0.717) is 12.8 Å². The SMILES string of the molecule is CN1C[C@@H](NC2CCC(O)(C(F)(F)F)CC2)[C@H](c2cncn2C)C1. The van der Waals surface area contributed by atoms with Crippen molar-refractivity contribution < 1.29 is 18.3 Å². The highest BCUT2D eigenvalue weighted by atomic mass is 19.4. The second-order valence-electron chi connectivity index (χ2n) is 7.33. The third-order valence-electron chi connectivity index (χ3n) is 5.53. The Labute approximate surface area is 139 Å². The molecule has 5 nitrogen and oxygen atoms in total. The van der Waals surface area contributed by atoms with Crippen LogP contribution in [0.3, 0.4) is 0 Å². The molecule has 0 amide bonds. The summed E-state index contributed by atoms with van der Waals surface area (Å²) in [4.78, 5) is 6.40. The van der Waals surface area contributed by atoms with Crippen molar-refractivity contribution >= 4 is 0 Å². The second-order valence-corrected chi connectivity index (χ2v) is 7.33. The Bertz CT molecular complexity index is 566. The van der Waals surface area contributed by atoms with Gasteiger partial charge in [0.05, 0.1) is 6.33 Å². The Morgan fingerprint density at radius 2 is 1.92 bits per heavy atom. The van der Waals surface area contributed by atoms with E-state index in [1.165, 1.54) is 0 Å². The first-order valence-electron chi connectivity index (χ1n) is 8.39. The van der Waals surface area contributed by atoms with E-state index < -0.39 is 11.8 Å². The zero-order valence-corrected chi connectivity index (χ0v) is 14.1. The van der Waals surface area contributed by atoms with Crippen LogP contribution in [0.15, 0.2) is 12.5 Å². The molecular formula is C16H25F3N4O. The van der Waals surface area contributed by atoms with Crippen LogP contribution >= 0.6 is 0 Å². The van der Waals surface area contributed by atoms with Gasteiger partial charge in [-0.3, -0.25) is 0 Å². The molecular weight excluding hydrogens is 321 g/mol. The molecule has 1 aliphatic heterocycles. The monoisotopic (exact) mass is 346 g/mol. The fourth-order valence-corrected chi connectivity index (χ4v) is 4.04. The fraction of sp³-hybridized carbons (Fsp3) is 0.812. The van der Waals surface area contributed by atoms with Crippen LogP contribution < -0.4 is 5.32 Å². The molecule has 0 bridgehead atoms. The summed E-state index contributed by atoms with van der Waals surface area (Å²) < 4.78 is 40.7. The Hall–Kier alpha value is -1.12. The van der Waals surface area contributed by atoms with Crippen molar-refractivity contribution in [3.63, 3.8) is 0 Å². The molecule has 8 heteroatoms. The normalized spacial score (nSPS) is 35.5. The van der Waals surface area contributed by atoms with Crippen molar-refractivity contribution in [1.82, 2.24) is 19.8 Å². The molecule has 0 radical (unpaired) electrons. The van der Waals surface area contributed by atoms with Gasteiger partial charge in [-0.15, -0.1) is 0 Å². The summed E-state index contributed by atoms with van der Waals surface area (Å²) in [5, 5.41) is 13.3. The van der Waals surface area contributed by atoms with Crippen molar-refractivity contribution in [2.45, 2.75) is 55.5 Å².